The summed E-state index contributed by atoms with van der Waals surface area (Å²) in [5, 5.41) is 12.3. The van der Waals surface area contributed by atoms with E-state index in [1.165, 1.54) is 12.0 Å². The average Bonchev–Trinajstić information content (AvgIpc) is 2.69. The average molecular weight is 373 g/mol. The molecular weight excluding hydrogens is 342 g/mol. The fraction of sp³-hybridized carbons (Fsp3) is 0.619. The predicted molar refractivity (Wildman–Crippen MR) is 104 cm³/mol. The molecule has 1 aromatic carbocycles. The topological polar surface area (TPSA) is 72.9 Å². The van der Waals surface area contributed by atoms with E-state index in [0.29, 0.717) is 13.1 Å². The van der Waals surface area contributed by atoms with Gasteiger partial charge in [0.25, 0.3) is 0 Å². The molecular formula is C21H31N3O3. The van der Waals surface area contributed by atoms with Crippen LogP contribution < -0.4 is 5.32 Å². The number of nitrogens with one attached hydrogen (secondary N) is 1. The third-order valence-corrected chi connectivity index (χ3v) is 5.83. The van der Waals surface area contributed by atoms with Crippen LogP contribution in [-0.2, 0) is 11.3 Å². The zero-order valence-electron chi connectivity index (χ0n) is 16.0. The second kappa shape index (κ2) is 9.74. The van der Waals surface area contributed by atoms with Crippen molar-refractivity contribution in [2.45, 2.75) is 51.1 Å². The minimum Gasteiger partial charge on any atom is -0.481 e. The zero-order chi connectivity index (χ0) is 19.1. The van der Waals surface area contributed by atoms with Gasteiger partial charge in [0.05, 0.1) is 6.42 Å². The largest absolute Gasteiger partial charge is 0.481 e. The number of piperazine rings is 1. The van der Waals surface area contributed by atoms with Crippen molar-refractivity contribution in [3.8, 4) is 0 Å². The number of rotatable bonds is 6. The molecule has 0 aromatic heterocycles. The molecule has 27 heavy (non-hydrogen) atoms. The molecule has 1 saturated heterocycles. The highest BCUT2D eigenvalue weighted by atomic mass is 16.4. The molecule has 0 radical (unpaired) electrons. The van der Waals surface area contributed by atoms with Crippen molar-refractivity contribution in [2.75, 3.05) is 26.2 Å². The first kappa shape index (κ1) is 19.7. The van der Waals surface area contributed by atoms with Gasteiger partial charge in [-0.1, -0.05) is 49.6 Å². The van der Waals surface area contributed by atoms with Gasteiger partial charge in [-0.25, -0.2) is 4.79 Å². The number of nitrogens with zero attached hydrogens (tertiary/aromatic N) is 2. The Bertz CT molecular complexity index is 608. The number of carboxylic acid groups (broad SMARTS) is 1. The molecule has 3 rings (SSSR count). The van der Waals surface area contributed by atoms with Gasteiger partial charge in [-0.05, 0) is 24.3 Å². The van der Waals surface area contributed by atoms with Crippen LogP contribution >= 0.6 is 0 Å². The fourth-order valence-electron chi connectivity index (χ4n) is 4.26. The molecule has 2 amide bonds. The van der Waals surface area contributed by atoms with E-state index >= 15 is 0 Å². The van der Waals surface area contributed by atoms with E-state index in [-0.39, 0.29) is 24.4 Å². The van der Waals surface area contributed by atoms with Crippen LogP contribution in [0, 0.1) is 5.92 Å². The summed E-state index contributed by atoms with van der Waals surface area (Å²) >= 11 is 0. The molecule has 6 heteroatoms. The first-order valence-electron chi connectivity index (χ1n) is 10.2. The van der Waals surface area contributed by atoms with Crippen LogP contribution in [0.1, 0.15) is 44.1 Å². The molecule has 1 aromatic rings. The predicted octanol–water partition coefficient (Wildman–Crippen LogP) is 2.94. The number of amides is 2. The number of carboxylic acids is 1. The summed E-state index contributed by atoms with van der Waals surface area (Å²) in [6, 6.07) is 10.0. The molecule has 2 fully saturated rings. The molecule has 148 valence electrons. The smallest absolute Gasteiger partial charge is 0.317 e. The Balaban J connectivity index is 1.49. The molecule has 2 N–H and O–H groups in total. The molecule has 1 aliphatic carbocycles. The Kier molecular flexibility index (Phi) is 7.10. The standard InChI is InChI=1S/C21H31N3O3/c25-20(26)15-19(18-9-5-2-6-10-18)22-21(27)24-13-11-23(12-14-24)16-17-7-3-1-4-8-17/h1,3-4,7-8,18-19H,2,5-6,9-16H2,(H,22,27)(H,25,26). The summed E-state index contributed by atoms with van der Waals surface area (Å²) < 4.78 is 0. The Morgan fingerprint density at radius 2 is 1.70 bits per heavy atom. The lowest BCUT2D eigenvalue weighted by Gasteiger charge is -2.37. The minimum absolute atomic E-state index is 0.0182. The number of aliphatic carboxylic acids is 1. The third-order valence-electron chi connectivity index (χ3n) is 5.83. The minimum atomic E-state index is -0.835. The Hall–Kier alpha value is -2.08. The second-order valence-corrected chi connectivity index (χ2v) is 7.80. The van der Waals surface area contributed by atoms with Crippen molar-refractivity contribution < 1.29 is 14.7 Å². The molecule has 1 unspecified atom stereocenters. The van der Waals surface area contributed by atoms with Crippen LogP contribution in [-0.4, -0.2) is 59.1 Å². The van der Waals surface area contributed by atoms with Crippen LogP contribution in [0.5, 0.6) is 0 Å². The normalized spacial score (nSPS) is 20.2. The number of urea groups is 1. The van der Waals surface area contributed by atoms with Gasteiger partial charge in [-0.2, -0.15) is 0 Å². The maximum atomic E-state index is 12.7. The van der Waals surface area contributed by atoms with E-state index in [0.717, 1.165) is 45.3 Å². The Morgan fingerprint density at radius 1 is 1.04 bits per heavy atom. The Morgan fingerprint density at radius 3 is 2.33 bits per heavy atom. The van der Waals surface area contributed by atoms with Crippen LogP contribution in [0.15, 0.2) is 30.3 Å². The molecule has 1 aliphatic heterocycles. The first-order chi connectivity index (χ1) is 13.1. The van der Waals surface area contributed by atoms with E-state index in [1.807, 2.05) is 23.1 Å². The van der Waals surface area contributed by atoms with Gasteiger partial charge in [-0.15, -0.1) is 0 Å². The summed E-state index contributed by atoms with van der Waals surface area (Å²) in [6.45, 7) is 3.96. The Labute approximate surface area is 161 Å². The summed E-state index contributed by atoms with van der Waals surface area (Å²) in [5.41, 5.74) is 1.29. The van der Waals surface area contributed by atoms with Crippen molar-refractivity contribution >= 4 is 12.0 Å². The van der Waals surface area contributed by atoms with E-state index in [1.54, 1.807) is 0 Å². The number of benzene rings is 1. The lowest BCUT2D eigenvalue weighted by Crippen LogP contribution is -2.54. The fourth-order valence-corrected chi connectivity index (χ4v) is 4.26. The first-order valence-corrected chi connectivity index (χ1v) is 10.2. The third kappa shape index (κ3) is 5.96. The van der Waals surface area contributed by atoms with Gasteiger partial charge in [0.2, 0.25) is 0 Å². The summed E-state index contributed by atoms with van der Waals surface area (Å²) in [6.07, 6.45) is 5.54. The molecule has 1 saturated carbocycles. The molecule has 0 bridgehead atoms. The van der Waals surface area contributed by atoms with E-state index < -0.39 is 5.97 Å². The zero-order valence-corrected chi connectivity index (χ0v) is 16.0. The van der Waals surface area contributed by atoms with E-state index in [2.05, 4.69) is 22.3 Å². The number of hydrogen-bond acceptors (Lipinski definition) is 3. The highest BCUT2D eigenvalue weighted by Gasteiger charge is 2.29. The van der Waals surface area contributed by atoms with Gasteiger partial charge < -0.3 is 15.3 Å². The number of carbonyl (C=O) groups excluding carboxylic acids is 1. The summed E-state index contributed by atoms with van der Waals surface area (Å²) in [5.74, 6) is -0.545. The SMILES string of the molecule is O=C(O)CC(NC(=O)N1CCN(Cc2ccccc2)CC1)C1CCCCC1. The van der Waals surface area contributed by atoms with E-state index in [4.69, 9.17) is 0 Å². The van der Waals surface area contributed by atoms with Gasteiger partial charge in [0.1, 0.15) is 0 Å². The second-order valence-electron chi connectivity index (χ2n) is 7.80. The van der Waals surface area contributed by atoms with Crippen LogP contribution in [0.4, 0.5) is 4.79 Å². The monoisotopic (exact) mass is 373 g/mol. The van der Waals surface area contributed by atoms with Crippen molar-refractivity contribution in [3.05, 3.63) is 35.9 Å². The lowest BCUT2D eigenvalue weighted by molar-refractivity contribution is -0.137. The van der Waals surface area contributed by atoms with Crippen LogP contribution in [0.3, 0.4) is 0 Å². The molecule has 1 atom stereocenters. The quantitative estimate of drug-likeness (QED) is 0.804. The maximum absolute atomic E-state index is 12.7. The highest BCUT2D eigenvalue weighted by molar-refractivity contribution is 5.76. The summed E-state index contributed by atoms with van der Waals surface area (Å²) in [4.78, 5) is 28.1. The van der Waals surface area contributed by atoms with Crippen molar-refractivity contribution in [1.82, 2.24) is 15.1 Å². The lowest BCUT2D eigenvalue weighted by atomic mass is 9.82. The maximum Gasteiger partial charge on any atom is 0.317 e. The highest BCUT2D eigenvalue weighted by Crippen LogP contribution is 2.28. The summed E-state index contributed by atoms with van der Waals surface area (Å²) in [7, 11) is 0. The van der Waals surface area contributed by atoms with Crippen LogP contribution in [0.2, 0.25) is 0 Å². The van der Waals surface area contributed by atoms with Crippen molar-refractivity contribution in [2.24, 2.45) is 5.92 Å². The molecule has 2 aliphatic rings. The van der Waals surface area contributed by atoms with Crippen LogP contribution in [0.25, 0.3) is 0 Å². The number of hydrogen-bond donors (Lipinski definition) is 2. The van der Waals surface area contributed by atoms with Crippen molar-refractivity contribution in [1.29, 1.82) is 0 Å². The van der Waals surface area contributed by atoms with Gasteiger partial charge in [0.15, 0.2) is 0 Å². The number of carbonyl (C=O) groups is 2. The van der Waals surface area contributed by atoms with E-state index in [9.17, 15) is 14.7 Å². The van der Waals surface area contributed by atoms with Gasteiger partial charge in [-0.3, -0.25) is 9.69 Å². The molecule has 1 heterocycles. The molecule has 0 spiro atoms. The van der Waals surface area contributed by atoms with Gasteiger partial charge >= 0.3 is 12.0 Å². The molecule has 6 nitrogen and oxygen atoms in total. The van der Waals surface area contributed by atoms with Crippen molar-refractivity contribution in [3.63, 3.8) is 0 Å². The van der Waals surface area contributed by atoms with Gasteiger partial charge in [0, 0.05) is 38.8 Å².